The summed E-state index contributed by atoms with van der Waals surface area (Å²) in [6.45, 7) is 7.09. The maximum absolute atomic E-state index is 12.0. The fourth-order valence-electron chi connectivity index (χ4n) is 2.62. The number of anilines is 1. The summed E-state index contributed by atoms with van der Waals surface area (Å²) in [6, 6.07) is 2.05. The molecule has 6 heteroatoms. The number of hydrogen-bond donors (Lipinski definition) is 2. The molecule has 0 spiro atoms. The van der Waals surface area contributed by atoms with Crippen LogP contribution in [0, 0.1) is 31.1 Å². The molecule has 1 fully saturated rings. The zero-order valence-corrected chi connectivity index (χ0v) is 12.6. The number of rotatable bonds is 4. The predicted octanol–water partition coefficient (Wildman–Crippen LogP) is 1.41. The lowest BCUT2D eigenvalue weighted by Crippen LogP contribution is -2.32. The molecule has 1 aromatic rings. The lowest BCUT2D eigenvalue weighted by Gasteiger charge is -2.16. The van der Waals surface area contributed by atoms with Gasteiger partial charge in [-0.1, -0.05) is 0 Å². The van der Waals surface area contributed by atoms with Gasteiger partial charge in [0, 0.05) is 12.1 Å². The van der Waals surface area contributed by atoms with E-state index in [0.717, 1.165) is 18.5 Å². The molecule has 2 atom stereocenters. The fraction of sp³-hybridized carbons (Fsp3) is 0.600. The summed E-state index contributed by atoms with van der Waals surface area (Å²) in [5.41, 5.74) is 1.13. The number of aliphatic hydroxyl groups excluding tert-OH is 1. The van der Waals surface area contributed by atoms with Gasteiger partial charge in [-0.3, -0.25) is 15.0 Å². The number of carbonyl (C=O) groups is 1. The second kappa shape index (κ2) is 6.29. The Kier molecular flexibility index (Phi) is 4.66. The molecule has 114 valence electrons. The van der Waals surface area contributed by atoms with Crippen LogP contribution in [0.4, 0.5) is 5.88 Å². The number of furan rings is 1. The van der Waals surface area contributed by atoms with Crippen LogP contribution in [0.2, 0.25) is 0 Å². The van der Waals surface area contributed by atoms with Gasteiger partial charge in [0.25, 0.3) is 0 Å². The van der Waals surface area contributed by atoms with E-state index in [0.29, 0.717) is 17.9 Å². The molecule has 0 aromatic carbocycles. The van der Waals surface area contributed by atoms with Crippen molar-refractivity contribution in [3.05, 3.63) is 16.9 Å². The van der Waals surface area contributed by atoms with Crippen LogP contribution in [0.25, 0.3) is 0 Å². The highest BCUT2D eigenvalue weighted by atomic mass is 16.4. The van der Waals surface area contributed by atoms with Gasteiger partial charge in [-0.15, -0.1) is 0 Å². The average Bonchev–Trinajstić information content (AvgIpc) is 2.96. The van der Waals surface area contributed by atoms with Crippen molar-refractivity contribution in [1.82, 2.24) is 4.90 Å². The van der Waals surface area contributed by atoms with E-state index in [1.807, 2.05) is 4.90 Å². The third-order valence-corrected chi connectivity index (χ3v) is 4.11. The monoisotopic (exact) mass is 291 g/mol. The summed E-state index contributed by atoms with van der Waals surface area (Å²) in [7, 11) is 0. The van der Waals surface area contributed by atoms with Crippen molar-refractivity contribution < 1.29 is 14.3 Å². The van der Waals surface area contributed by atoms with Crippen molar-refractivity contribution in [1.29, 1.82) is 5.26 Å². The van der Waals surface area contributed by atoms with Gasteiger partial charge in [0.2, 0.25) is 11.8 Å². The van der Waals surface area contributed by atoms with E-state index >= 15 is 0 Å². The van der Waals surface area contributed by atoms with Crippen LogP contribution in [0.15, 0.2) is 4.42 Å². The first-order valence-electron chi connectivity index (χ1n) is 7.12. The van der Waals surface area contributed by atoms with Gasteiger partial charge in [-0.05, 0) is 39.7 Å². The van der Waals surface area contributed by atoms with E-state index in [-0.39, 0.29) is 30.4 Å². The molecule has 0 bridgehead atoms. The molecule has 1 amide bonds. The highest BCUT2D eigenvalue weighted by Gasteiger charge is 2.27. The minimum atomic E-state index is -0.348. The standard InChI is InChI=1S/C15H21N3O3/c1-9-11(3)21-15(13(9)6-16)17-14(20)8-18-5-4-12(7-18)10(2)19/h10,12,19H,4-5,7-8H2,1-3H3,(H,17,20). The lowest BCUT2D eigenvalue weighted by atomic mass is 10.0. The molecule has 1 aromatic heterocycles. The normalized spacial score (nSPS) is 20.2. The van der Waals surface area contributed by atoms with Crippen molar-refractivity contribution in [3.8, 4) is 6.07 Å². The molecule has 2 unspecified atom stereocenters. The largest absolute Gasteiger partial charge is 0.444 e. The maximum atomic E-state index is 12.0. The number of aliphatic hydroxyl groups is 1. The quantitative estimate of drug-likeness (QED) is 0.875. The van der Waals surface area contributed by atoms with Gasteiger partial charge in [-0.2, -0.15) is 5.26 Å². The molecule has 2 N–H and O–H groups in total. The number of nitrogens with zero attached hydrogens (tertiary/aromatic N) is 2. The molecule has 0 saturated carbocycles. The van der Waals surface area contributed by atoms with Crippen LogP contribution >= 0.6 is 0 Å². The second-order valence-corrected chi connectivity index (χ2v) is 5.67. The van der Waals surface area contributed by atoms with E-state index in [1.165, 1.54) is 0 Å². The van der Waals surface area contributed by atoms with Gasteiger partial charge >= 0.3 is 0 Å². The average molecular weight is 291 g/mol. The summed E-state index contributed by atoms with van der Waals surface area (Å²) < 4.78 is 5.42. The van der Waals surface area contributed by atoms with Crippen LogP contribution in [0.5, 0.6) is 0 Å². The topological polar surface area (TPSA) is 89.5 Å². The van der Waals surface area contributed by atoms with E-state index in [1.54, 1.807) is 20.8 Å². The third-order valence-electron chi connectivity index (χ3n) is 4.11. The number of aryl methyl sites for hydroxylation is 1. The fourth-order valence-corrected chi connectivity index (χ4v) is 2.62. The van der Waals surface area contributed by atoms with Gasteiger partial charge in [0.15, 0.2) is 0 Å². The Labute approximate surface area is 124 Å². The smallest absolute Gasteiger partial charge is 0.240 e. The Bertz CT molecular complexity index is 571. The molecular formula is C15H21N3O3. The first-order chi connectivity index (χ1) is 9.92. The van der Waals surface area contributed by atoms with Gasteiger partial charge < -0.3 is 9.52 Å². The van der Waals surface area contributed by atoms with Crippen molar-refractivity contribution >= 4 is 11.8 Å². The number of nitriles is 1. The number of nitrogens with one attached hydrogen (secondary N) is 1. The van der Waals surface area contributed by atoms with Crippen molar-refractivity contribution in [2.24, 2.45) is 5.92 Å². The summed E-state index contributed by atoms with van der Waals surface area (Å²) >= 11 is 0. The summed E-state index contributed by atoms with van der Waals surface area (Å²) in [6.07, 6.45) is 0.548. The number of hydrogen-bond acceptors (Lipinski definition) is 5. The lowest BCUT2D eigenvalue weighted by molar-refractivity contribution is -0.117. The molecule has 2 rings (SSSR count). The highest BCUT2D eigenvalue weighted by Crippen LogP contribution is 2.25. The van der Waals surface area contributed by atoms with E-state index in [4.69, 9.17) is 9.68 Å². The van der Waals surface area contributed by atoms with E-state index in [9.17, 15) is 9.90 Å². The maximum Gasteiger partial charge on any atom is 0.240 e. The minimum absolute atomic E-state index is 0.202. The minimum Gasteiger partial charge on any atom is -0.444 e. The Morgan fingerprint density at radius 1 is 1.62 bits per heavy atom. The second-order valence-electron chi connectivity index (χ2n) is 5.67. The third kappa shape index (κ3) is 3.43. The first kappa shape index (κ1) is 15.5. The van der Waals surface area contributed by atoms with Crippen LogP contribution < -0.4 is 5.32 Å². The zero-order chi connectivity index (χ0) is 15.6. The molecule has 1 saturated heterocycles. The summed E-state index contributed by atoms with van der Waals surface area (Å²) in [5, 5.41) is 21.3. The Hall–Kier alpha value is -1.84. The van der Waals surface area contributed by atoms with E-state index < -0.39 is 0 Å². The molecule has 0 aliphatic carbocycles. The van der Waals surface area contributed by atoms with Crippen molar-refractivity contribution in [2.45, 2.75) is 33.3 Å². The first-order valence-corrected chi connectivity index (χ1v) is 7.12. The van der Waals surface area contributed by atoms with Crippen molar-refractivity contribution in [2.75, 3.05) is 25.0 Å². The highest BCUT2D eigenvalue weighted by molar-refractivity contribution is 5.92. The molecule has 21 heavy (non-hydrogen) atoms. The Morgan fingerprint density at radius 2 is 2.33 bits per heavy atom. The van der Waals surface area contributed by atoms with Gasteiger partial charge in [0.05, 0.1) is 12.6 Å². The Morgan fingerprint density at radius 3 is 2.90 bits per heavy atom. The predicted molar refractivity (Wildman–Crippen MR) is 77.8 cm³/mol. The van der Waals surface area contributed by atoms with Crippen LogP contribution in [0.3, 0.4) is 0 Å². The van der Waals surface area contributed by atoms with Crippen LogP contribution in [-0.4, -0.2) is 41.7 Å². The van der Waals surface area contributed by atoms with Gasteiger partial charge in [0.1, 0.15) is 17.4 Å². The van der Waals surface area contributed by atoms with E-state index in [2.05, 4.69) is 11.4 Å². The molecule has 6 nitrogen and oxygen atoms in total. The number of likely N-dealkylation sites (tertiary alicyclic amines) is 1. The summed E-state index contributed by atoms with van der Waals surface area (Å²) in [4.78, 5) is 14.1. The molecule has 1 aliphatic heterocycles. The van der Waals surface area contributed by atoms with Gasteiger partial charge in [-0.25, -0.2) is 0 Å². The molecule has 0 radical (unpaired) electrons. The zero-order valence-electron chi connectivity index (χ0n) is 12.6. The van der Waals surface area contributed by atoms with Crippen molar-refractivity contribution in [3.63, 3.8) is 0 Å². The molecule has 1 aliphatic rings. The molecular weight excluding hydrogens is 270 g/mol. The summed E-state index contributed by atoms with van der Waals surface area (Å²) in [5.74, 6) is 0.882. The van der Waals surface area contributed by atoms with Crippen LogP contribution in [-0.2, 0) is 4.79 Å². The SMILES string of the molecule is Cc1oc(NC(=O)CN2CCC(C(C)O)C2)c(C#N)c1C. The number of amides is 1. The molecule has 2 heterocycles. The Balaban J connectivity index is 1.94. The van der Waals surface area contributed by atoms with Crippen LogP contribution in [0.1, 0.15) is 30.2 Å². The number of carbonyl (C=O) groups excluding carboxylic acids is 1.